The molecule has 0 aromatic rings. The van der Waals surface area contributed by atoms with Crippen molar-refractivity contribution in [1.29, 1.82) is 0 Å². The summed E-state index contributed by atoms with van der Waals surface area (Å²) in [5.74, 6) is -2.60. The van der Waals surface area contributed by atoms with Gasteiger partial charge in [-0.3, -0.25) is 4.79 Å². The van der Waals surface area contributed by atoms with Crippen molar-refractivity contribution in [2.24, 2.45) is 0 Å². The van der Waals surface area contributed by atoms with Gasteiger partial charge in [-0.15, -0.1) is 0 Å². The van der Waals surface area contributed by atoms with Crippen LogP contribution in [-0.2, 0) is 14.3 Å². The molecule has 2 unspecified atom stereocenters. The molecule has 0 spiro atoms. The van der Waals surface area contributed by atoms with Crippen molar-refractivity contribution >= 4 is 11.9 Å². The number of amides is 1. The number of aliphatic carboxylic acids is 1. The van der Waals surface area contributed by atoms with E-state index in [4.69, 9.17) is 5.11 Å². The molecular weight excluding hydrogens is 243 g/mol. The molecule has 0 saturated carbocycles. The maximum atomic E-state index is 12.0. The molecule has 0 heterocycles. The monoisotopic (exact) mass is 257 g/mol. The summed E-state index contributed by atoms with van der Waals surface area (Å²) in [5.41, 5.74) is 0. The molecule has 1 amide bonds. The van der Waals surface area contributed by atoms with E-state index >= 15 is 0 Å². The molecular formula is C9H14F3NO4. The predicted molar refractivity (Wildman–Crippen MR) is 51.3 cm³/mol. The zero-order chi connectivity index (χ0) is 13.6. The van der Waals surface area contributed by atoms with E-state index < -0.39 is 36.6 Å². The third-order valence-electron chi connectivity index (χ3n) is 2.00. The highest BCUT2D eigenvalue weighted by atomic mass is 19.4. The Labute approximate surface area is 95.9 Å². The van der Waals surface area contributed by atoms with Crippen molar-refractivity contribution in [1.82, 2.24) is 5.32 Å². The summed E-state index contributed by atoms with van der Waals surface area (Å²) in [5, 5.41) is 10.3. The topological polar surface area (TPSA) is 75.6 Å². The van der Waals surface area contributed by atoms with Crippen molar-refractivity contribution in [3.63, 3.8) is 0 Å². The highest BCUT2D eigenvalue weighted by Crippen LogP contribution is 2.21. The van der Waals surface area contributed by atoms with Crippen LogP contribution in [0.25, 0.3) is 0 Å². The molecule has 0 aliphatic rings. The number of carbonyl (C=O) groups excluding carboxylic acids is 1. The van der Waals surface area contributed by atoms with E-state index in [1.807, 2.05) is 0 Å². The van der Waals surface area contributed by atoms with Crippen molar-refractivity contribution in [3.8, 4) is 0 Å². The van der Waals surface area contributed by atoms with Crippen LogP contribution >= 0.6 is 0 Å². The minimum atomic E-state index is -4.66. The first kappa shape index (κ1) is 15.7. The van der Waals surface area contributed by atoms with Gasteiger partial charge in [-0.2, -0.15) is 13.2 Å². The Morgan fingerprint density at radius 1 is 1.41 bits per heavy atom. The van der Waals surface area contributed by atoms with Gasteiger partial charge in [-0.05, 0) is 6.42 Å². The number of nitrogens with one attached hydrogen (secondary N) is 1. The zero-order valence-corrected chi connectivity index (χ0v) is 9.37. The van der Waals surface area contributed by atoms with Gasteiger partial charge in [-0.1, -0.05) is 6.92 Å². The van der Waals surface area contributed by atoms with Gasteiger partial charge in [0.15, 0.2) is 0 Å². The van der Waals surface area contributed by atoms with Crippen molar-refractivity contribution in [2.75, 3.05) is 7.11 Å². The molecule has 8 heteroatoms. The normalized spacial score (nSPS) is 15.1. The number of methoxy groups -OCH3 is 1. The zero-order valence-electron chi connectivity index (χ0n) is 9.37. The van der Waals surface area contributed by atoms with Crippen molar-refractivity contribution in [3.05, 3.63) is 0 Å². The lowest BCUT2D eigenvalue weighted by Gasteiger charge is -2.19. The number of carboxylic acid groups (broad SMARTS) is 1. The average Bonchev–Trinajstić information content (AvgIpc) is 2.16. The highest BCUT2D eigenvalue weighted by molar-refractivity contribution is 5.86. The van der Waals surface area contributed by atoms with Gasteiger partial charge in [-0.25, -0.2) is 4.79 Å². The minimum absolute atomic E-state index is 0.237. The second kappa shape index (κ2) is 6.43. The quantitative estimate of drug-likeness (QED) is 0.742. The number of ether oxygens (including phenoxy) is 1. The fourth-order valence-electron chi connectivity index (χ4n) is 1.16. The number of rotatable bonds is 6. The first-order valence-corrected chi connectivity index (χ1v) is 4.84. The van der Waals surface area contributed by atoms with Crippen LogP contribution in [0.5, 0.6) is 0 Å². The van der Waals surface area contributed by atoms with Gasteiger partial charge in [0.2, 0.25) is 5.91 Å². The van der Waals surface area contributed by atoms with Crippen LogP contribution in [0.4, 0.5) is 13.2 Å². The molecule has 0 aromatic heterocycles. The Balaban J connectivity index is 4.56. The van der Waals surface area contributed by atoms with E-state index in [0.29, 0.717) is 0 Å². The Bertz CT molecular complexity index is 276. The van der Waals surface area contributed by atoms with Crippen LogP contribution in [0.15, 0.2) is 0 Å². The molecule has 0 aliphatic carbocycles. The lowest BCUT2D eigenvalue weighted by atomic mass is 10.1. The third-order valence-corrected chi connectivity index (χ3v) is 2.00. The summed E-state index contributed by atoms with van der Waals surface area (Å²) in [6, 6.07) is -1.99. The molecule has 100 valence electrons. The minimum Gasteiger partial charge on any atom is -0.480 e. The number of halogens is 3. The van der Waals surface area contributed by atoms with E-state index in [9.17, 15) is 22.8 Å². The summed E-state index contributed by atoms with van der Waals surface area (Å²) >= 11 is 0. The van der Waals surface area contributed by atoms with Gasteiger partial charge in [0, 0.05) is 7.11 Å². The van der Waals surface area contributed by atoms with Crippen LogP contribution < -0.4 is 5.32 Å². The number of alkyl halides is 3. The summed E-state index contributed by atoms with van der Waals surface area (Å²) in [4.78, 5) is 21.9. The van der Waals surface area contributed by atoms with Gasteiger partial charge in [0.25, 0.3) is 0 Å². The predicted octanol–water partition coefficient (Wildman–Crippen LogP) is 0.933. The van der Waals surface area contributed by atoms with Crippen molar-refractivity contribution in [2.45, 2.75) is 38.1 Å². The smallest absolute Gasteiger partial charge is 0.391 e. The Hall–Kier alpha value is -1.31. The Kier molecular flexibility index (Phi) is 5.94. The summed E-state index contributed by atoms with van der Waals surface area (Å²) in [6.45, 7) is 1.59. The van der Waals surface area contributed by atoms with E-state index in [0.717, 1.165) is 0 Å². The fraction of sp³-hybridized carbons (Fsp3) is 0.778. The Morgan fingerprint density at radius 3 is 2.24 bits per heavy atom. The molecule has 17 heavy (non-hydrogen) atoms. The standard InChI is InChI=1S/C9H14F3NO4/c1-3-6(17-2)7(14)13-5(8(15)16)4-9(10,11)12/h5-6H,3-4H2,1-2H3,(H,13,14)(H,15,16). The molecule has 0 saturated heterocycles. The van der Waals surface area contributed by atoms with Crippen LogP contribution in [0.1, 0.15) is 19.8 Å². The van der Waals surface area contributed by atoms with E-state index in [1.54, 1.807) is 12.2 Å². The number of hydrogen-bond donors (Lipinski definition) is 2. The number of hydrogen-bond acceptors (Lipinski definition) is 3. The summed E-state index contributed by atoms with van der Waals surface area (Å²) in [6.07, 6.45) is -7.00. The van der Waals surface area contributed by atoms with Gasteiger partial charge >= 0.3 is 12.1 Å². The first-order chi connectivity index (χ1) is 7.71. The molecule has 0 fully saturated rings. The summed E-state index contributed by atoms with van der Waals surface area (Å²) in [7, 11) is 1.22. The second-order valence-electron chi connectivity index (χ2n) is 3.35. The van der Waals surface area contributed by atoms with Crippen LogP contribution in [0.2, 0.25) is 0 Å². The van der Waals surface area contributed by atoms with E-state index in [1.165, 1.54) is 7.11 Å². The fourth-order valence-corrected chi connectivity index (χ4v) is 1.16. The molecule has 0 aliphatic heterocycles. The average molecular weight is 257 g/mol. The highest BCUT2D eigenvalue weighted by Gasteiger charge is 2.37. The Morgan fingerprint density at radius 2 is 1.94 bits per heavy atom. The molecule has 0 aromatic carbocycles. The number of carbonyl (C=O) groups is 2. The molecule has 0 bridgehead atoms. The van der Waals surface area contributed by atoms with E-state index in [-0.39, 0.29) is 6.42 Å². The SMILES string of the molecule is CCC(OC)C(=O)NC(CC(F)(F)F)C(=O)O. The van der Waals surface area contributed by atoms with Crippen LogP contribution in [0, 0.1) is 0 Å². The molecule has 0 rings (SSSR count). The lowest BCUT2D eigenvalue weighted by molar-refractivity contribution is -0.161. The molecule has 0 radical (unpaired) electrons. The molecule has 2 atom stereocenters. The third kappa shape index (κ3) is 6.10. The van der Waals surface area contributed by atoms with Gasteiger partial charge in [0.1, 0.15) is 12.1 Å². The maximum absolute atomic E-state index is 12.0. The first-order valence-electron chi connectivity index (χ1n) is 4.84. The van der Waals surface area contributed by atoms with Crippen LogP contribution in [0.3, 0.4) is 0 Å². The van der Waals surface area contributed by atoms with Gasteiger partial charge in [0.05, 0.1) is 6.42 Å². The molecule has 5 nitrogen and oxygen atoms in total. The van der Waals surface area contributed by atoms with E-state index in [2.05, 4.69) is 4.74 Å². The van der Waals surface area contributed by atoms with Gasteiger partial charge < -0.3 is 15.2 Å². The summed E-state index contributed by atoms with van der Waals surface area (Å²) < 4.78 is 40.8. The lowest BCUT2D eigenvalue weighted by Crippen LogP contribution is -2.47. The molecule has 2 N–H and O–H groups in total. The number of carboxylic acids is 1. The second-order valence-corrected chi connectivity index (χ2v) is 3.35. The maximum Gasteiger partial charge on any atom is 0.391 e. The van der Waals surface area contributed by atoms with Crippen molar-refractivity contribution < 1.29 is 32.6 Å². The largest absolute Gasteiger partial charge is 0.480 e. The van der Waals surface area contributed by atoms with Crippen LogP contribution in [-0.4, -0.2) is 42.4 Å².